The minimum atomic E-state index is -0.136. The lowest BCUT2D eigenvalue weighted by Crippen LogP contribution is -2.49. The number of unbranched alkanes of at least 4 members (excludes halogenated alkanes) is 1. The molecule has 0 bridgehead atoms. The van der Waals surface area contributed by atoms with Crippen molar-refractivity contribution in [2.45, 2.75) is 45.2 Å². The van der Waals surface area contributed by atoms with Crippen molar-refractivity contribution in [2.24, 2.45) is 0 Å². The van der Waals surface area contributed by atoms with Gasteiger partial charge in [0.25, 0.3) is 0 Å². The maximum Gasteiger partial charge on any atom is 0.237 e. The van der Waals surface area contributed by atoms with Gasteiger partial charge in [-0.15, -0.1) is 0 Å². The summed E-state index contributed by atoms with van der Waals surface area (Å²) in [5.74, 6) is 0.117. The molecule has 2 atom stereocenters. The van der Waals surface area contributed by atoms with E-state index in [1.165, 1.54) is 16.6 Å². The molecular formula is C17H23N3O. The van der Waals surface area contributed by atoms with E-state index in [0.29, 0.717) is 0 Å². The molecule has 4 nitrogen and oxygen atoms in total. The highest BCUT2D eigenvalue weighted by Gasteiger charge is 2.30. The largest absolute Gasteiger partial charge is 0.357 e. The summed E-state index contributed by atoms with van der Waals surface area (Å²) in [7, 11) is 0. The van der Waals surface area contributed by atoms with Gasteiger partial charge in [-0.05, 0) is 31.4 Å². The molecule has 4 heteroatoms. The molecule has 1 amide bonds. The standard InChI is InChI=1S/C17H23N3O/c1-3-4-9-18-17(21)15-10-13-12-7-5-6-8-14(12)20-16(13)11(2)19-15/h5-8,11,15,19-20H,3-4,9-10H2,1-2H3,(H,18,21)/t11-,15-/m0/s1. The number of fused-ring (bicyclic) bond motifs is 3. The molecule has 3 rings (SSSR count). The van der Waals surface area contributed by atoms with Crippen LogP contribution in [0.4, 0.5) is 0 Å². The monoisotopic (exact) mass is 285 g/mol. The van der Waals surface area contributed by atoms with Gasteiger partial charge in [-0.2, -0.15) is 0 Å². The number of H-pyrrole nitrogens is 1. The number of aromatic nitrogens is 1. The molecule has 0 saturated heterocycles. The number of hydrogen-bond donors (Lipinski definition) is 3. The van der Waals surface area contributed by atoms with Gasteiger partial charge in [0.05, 0.1) is 6.04 Å². The number of rotatable bonds is 4. The van der Waals surface area contributed by atoms with Gasteiger partial charge in [-0.25, -0.2) is 0 Å². The number of para-hydroxylation sites is 1. The van der Waals surface area contributed by atoms with Crippen molar-refractivity contribution in [1.82, 2.24) is 15.6 Å². The fraction of sp³-hybridized carbons (Fsp3) is 0.471. The summed E-state index contributed by atoms with van der Waals surface area (Å²) >= 11 is 0. The molecule has 2 heterocycles. The molecule has 0 aliphatic carbocycles. The van der Waals surface area contributed by atoms with Crippen LogP contribution < -0.4 is 10.6 Å². The van der Waals surface area contributed by atoms with Crippen LogP contribution >= 0.6 is 0 Å². The molecule has 2 aromatic rings. The number of amides is 1. The maximum atomic E-state index is 12.3. The van der Waals surface area contributed by atoms with Crippen molar-refractivity contribution < 1.29 is 4.79 Å². The van der Waals surface area contributed by atoms with Crippen molar-refractivity contribution >= 4 is 16.8 Å². The third-order valence-electron chi connectivity index (χ3n) is 4.29. The van der Waals surface area contributed by atoms with E-state index in [1.807, 2.05) is 6.07 Å². The molecule has 0 spiro atoms. The molecule has 0 unspecified atom stereocenters. The number of hydrogen-bond acceptors (Lipinski definition) is 2. The van der Waals surface area contributed by atoms with E-state index < -0.39 is 0 Å². The fourth-order valence-electron chi connectivity index (χ4n) is 3.14. The third-order valence-corrected chi connectivity index (χ3v) is 4.29. The number of benzene rings is 1. The first-order valence-electron chi connectivity index (χ1n) is 7.84. The quantitative estimate of drug-likeness (QED) is 0.756. The van der Waals surface area contributed by atoms with Gasteiger partial charge in [-0.3, -0.25) is 10.1 Å². The van der Waals surface area contributed by atoms with Crippen LogP contribution in [0.3, 0.4) is 0 Å². The lowest BCUT2D eigenvalue weighted by molar-refractivity contribution is -0.123. The van der Waals surface area contributed by atoms with Crippen LogP contribution in [-0.4, -0.2) is 23.5 Å². The Morgan fingerprint density at radius 2 is 2.19 bits per heavy atom. The zero-order valence-electron chi connectivity index (χ0n) is 12.7. The van der Waals surface area contributed by atoms with Crippen LogP contribution in [0.1, 0.15) is 44.0 Å². The Bertz CT molecular complexity index is 647. The lowest BCUT2D eigenvalue weighted by atomic mass is 9.94. The zero-order chi connectivity index (χ0) is 14.8. The van der Waals surface area contributed by atoms with Crippen LogP contribution in [0.5, 0.6) is 0 Å². The van der Waals surface area contributed by atoms with Gasteiger partial charge in [-0.1, -0.05) is 31.5 Å². The second-order valence-electron chi connectivity index (χ2n) is 5.85. The summed E-state index contributed by atoms with van der Waals surface area (Å²) in [4.78, 5) is 15.8. The highest BCUT2D eigenvalue weighted by molar-refractivity contribution is 5.88. The summed E-state index contributed by atoms with van der Waals surface area (Å²) < 4.78 is 0. The van der Waals surface area contributed by atoms with Gasteiger partial charge in [0.15, 0.2) is 0 Å². The summed E-state index contributed by atoms with van der Waals surface area (Å²) in [6.45, 7) is 5.01. The average Bonchev–Trinajstić information content (AvgIpc) is 2.87. The molecule has 3 N–H and O–H groups in total. The molecule has 0 radical (unpaired) electrons. The molecule has 1 aromatic heterocycles. The summed E-state index contributed by atoms with van der Waals surface area (Å²) in [5, 5.41) is 7.69. The van der Waals surface area contributed by atoms with E-state index in [1.54, 1.807) is 0 Å². The van der Waals surface area contributed by atoms with Crippen molar-refractivity contribution in [2.75, 3.05) is 6.54 Å². The van der Waals surface area contributed by atoms with E-state index in [-0.39, 0.29) is 18.0 Å². The molecule has 0 fully saturated rings. The predicted molar refractivity (Wildman–Crippen MR) is 85.3 cm³/mol. The minimum Gasteiger partial charge on any atom is -0.357 e. The van der Waals surface area contributed by atoms with Gasteiger partial charge in [0.2, 0.25) is 5.91 Å². The smallest absolute Gasteiger partial charge is 0.237 e. The van der Waals surface area contributed by atoms with Crippen molar-refractivity contribution in [3.05, 3.63) is 35.5 Å². The topological polar surface area (TPSA) is 56.9 Å². The molecule has 1 aliphatic heterocycles. The van der Waals surface area contributed by atoms with Crippen molar-refractivity contribution in [3.63, 3.8) is 0 Å². The van der Waals surface area contributed by atoms with Crippen LogP contribution in [0.2, 0.25) is 0 Å². The molecule has 0 saturated carbocycles. The molecule has 1 aliphatic rings. The first-order chi connectivity index (χ1) is 10.2. The van der Waals surface area contributed by atoms with E-state index in [9.17, 15) is 4.79 Å². The number of carbonyl (C=O) groups excluding carboxylic acids is 1. The van der Waals surface area contributed by atoms with Crippen LogP contribution in [0.25, 0.3) is 10.9 Å². The highest BCUT2D eigenvalue weighted by Crippen LogP contribution is 2.31. The number of aromatic amines is 1. The molecule has 112 valence electrons. The second kappa shape index (κ2) is 5.90. The van der Waals surface area contributed by atoms with Gasteiger partial charge in [0, 0.05) is 29.2 Å². The van der Waals surface area contributed by atoms with Crippen LogP contribution in [0.15, 0.2) is 24.3 Å². The van der Waals surface area contributed by atoms with Gasteiger partial charge < -0.3 is 10.3 Å². The fourth-order valence-corrected chi connectivity index (χ4v) is 3.14. The Kier molecular flexibility index (Phi) is 3.97. The van der Waals surface area contributed by atoms with E-state index >= 15 is 0 Å². The number of nitrogens with one attached hydrogen (secondary N) is 3. The third kappa shape index (κ3) is 2.68. The molecule has 21 heavy (non-hydrogen) atoms. The summed E-state index contributed by atoms with van der Waals surface area (Å²) in [6.07, 6.45) is 2.88. The van der Waals surface area contributed by atoms with Gasteiger partial charge in [0.1, 0.15) is 0 Å². The van der Waals surface area contributed by atoms with Crippen molar-refractivity contribution in [1.29, 1.82) is 0 Å². The Balaban J connectivity index is 1.82. The Morgan fingerprint density at radius 3 is 3.00 bits per heavy atom. The maximum absolute atomic E-state index is 12.3. The van der Waals surface area contributed by atoms with Crippen LogP contribution in [-0.2, 0) is 11.2 Å². The van der Waals surface area contributed by atoms with Crippen molar-refractivity contribution in [3.8, 4) is 0 Å². The number of carbonyl (C=O) groups is 1. The van der Waals surface area contributed by atoms with E-state index in [0.717, 1.165) is 31.3 Å². The zero-order valence-corrected chi connectivity index (χ0v) is 12.7. The normalized spacial score (nSPS) is 21.2. The summed E-state index contributed by atoms with van der Waals surface area (Å²) in [6, 6.07) is 8.36. The minimum absolute atomic E-state index is 0.117. The predicted octanol–water partition coefficient (Wildman–Crippen LogP) is 2.66. The Labute approximate surface area is 125 Å². The van der Waals surface area contributed by atoms with E-state index in [4.69, 9.17) is 0 Å². The Hall–Kier alpha value is -1.81. The lowest BCUT2D eigenvalue weighted by Gasteiger charge is -2.28. The Morgan fingerprint density at radius 1 is 1.38 bits per heavy atom. The SMILES string of the molecule is CCCCNC(=O)[C@@H]1Cc2c([nH]c3ccccc23)[C@H](C)N1. The van der Waals surface area contributed by atoms with Crippen LogP contribution in [0, 0.1) is 0 Å². The first-order valence-corrected chi connectivity index (χ1v) is 7.84. The molecule has 1 aromatic carbocycles. The summed E-state index contributed by atoms with van der Waals surface area (Å²) in [5.41, 5.74) is 3.66. The van der Waals surface area contributed by atoms with E-state index in [2.05, 4.69) is 47.7 Å². The second-order valence-corrected chi connectivity index (χ2v) is 5.85. The molecular weight excluding hydrogens is 262 g/mol. The first kappa shape index (κ1) is 14.1. The average molecular weight is 285 g/mol. The van der Waals surface area contributed by atoms with Gasteiger partial charge >= 0.3 is 0 Å². The highest BCUT2D eigenvalue weighted by atomic mass is 16.2.